The van der Waals surface area contributed by atoms with Crippen LogP contribution in [0.3, 0.4) is 0 Å². The fourth-order valence-electron chi connectivity index (χ4n) is 1.89. The first kappa shape index (κ1) is 16.7. The minimum absolute atomic E-state index is 0.0375. The molecule has 2 rings (SSSR count). The highest BCUT2D eigenvalue weighted by atomic mass is 32.2. The van der Waals surface area contributed by atoms with Crippen molar-refractivity contribution in [2.24, 2.45) is 0 Å². The summed E-state index contributed by atoms with van der Waals surface area (Å²) in [6.07, 6.45) is 3.42. The molecule has 1 amide bonds. The number of thioether (sulfide) groups is 1. The molecule has 0 aliphatic carbocycles. The van der Waals surface area contributed by atoms with Gasteiger partial charge in [-0.25, -0.2) is 0 Å². The Morgan fingerprint density at radius 1 is 1.22 bits per heavy atom. The monoisotopic (exact) mass is 323 g/mol. The summed E-state index contributed by atoms with van der Waals surface area (Å²) in [4.78, 5) is 13.2. The highest BCUT2D eigenvalue weighted by molar-refractivity contribution is 7.98. The van der Waals surface area contributed by atoms with Crippen LogP contribution in [0.1, 0.15) is 5.56 Å². The van der Waals surface area contributed by atoms with Gasteiger partial charge in [0.25, 0.3) is 5.91 Å². The van der Waals surface area contributed by atoms with Crippen molar-refractivity contribution in [3.8, 4) is 6.07 Å². The smallest absolute Gasteiger partial charge is 0.263 e. The zero-order valence-electron chi connectivity index (χ0n) is 12.7. The summed E-state index contributed by atoms with van der Waals surface area (Å²) in [5, 5.41) is 14.9. The molecule has 2 aromatic carbocycles. The molecule has 0 saturated carbocycles. The average molecular weight is 323 g/mol. The molecule has 0 heterocycles. The topological polar surface area (TPSA) is 64.9 Å². The van der Waals surface area contributed by atoms with E-state index < -0.39 is 5.91 Å². The molecule has 0 unspecified atom stereocenters. The molecule has 2 aromatic rings. The zero-order chi connectivity index (χ0) is 16.5. The second-order valence-corrected chi connectivity index (χ2v) is 5.59. The molecule has 23 heavy (non-hydrogen) atoms. The second-order valence-electron chi connectivity index (χ2n) is 4.71. The molecule has 116 valence electrons. The van der Waals surface area contributed by atoms with E-state index in [9.17, 15) is 4.79 Å². The van der Waals surface area contributed by atoms with E-state index in [1.54, 1.807) is 11.8 Å². The molecule has 0 aromatic heterocycles. The van der Waals surface area contributed by atoms with Gasteiger partial charge in [0.1, 0.15) is 11.6 Å². The van der Waals surface area contributed by atoms with Crippen LogP contribution in [0.4, 0.5) is 5.69 Å². The van der Waals surface area contributed by atoms with Gasteiger partial charge in [-0.2, -0.15) is 5.26 Å². The van der Waals surface area contributed by atoms with Gasteiger partial charge in [-0.15, -0.1) is 11.8 Å². The molecular formula is C18H17N3OS. The van der Waals surface area contributed by atoms with Crippen molar-refractivity contribution in [2.75, 3.05) is 11.6 Å². The van der Waals surface area contributed by atoms with E-state index >= 15 is 0 Å². The number of hydrogen-bond donors (Lipinski definition) is 2. The normalized spacial score (nSPS) is 10.7. The number of carbonyl (C=O) groups is 1. The van der Waals surface area contributed by atoms with Crippen molar-refractivity contribution < 1.29 is 4.79 Å². The predicted octanol–water partition coefficient (Wildman–Crippen LogP) is 3.54. The lowest BCUT2D eigenvalue weighted by Gasteiger charge is -2.06. The summed E-state index contributed by atoms with van der Waals surface area (Å²) in [6.45, 7) is 0.390. The van der Waals surface area contributed by atoms with Crippen molar-refractivity contribution >= 4 is 23.4 Å². The van der Waals surface area contributed by atoms with E-state index in [4.69, 9.17) is 5.26 Å². The quantitative estimate of drug-likeness (QED) is 0.485. The maximum absolute atomic E-state index is 12.0. The lowest BCUT2D eigenvalue weighted by Crippen LogP contribution is -2.24. The van der Waals surface area contributed by atoms with Gasteiger partial charge in [0.05, 0.1) is 0 Å². The summed E-state index contributed by atoms with van der Waals surface area (Å²) in [5.74, 6) is -0.398. The van der Waals surface area contributed by atoms with Gasteiger partial charge in [0.2, 0.25) is 0 Å². The van der Waals surface area contributed by atoms with Crippen molar-refractivity contribution in [3.05, 3.63) is 71.9 Å². The molecule has 0 bridgehead atoms. The lowest BCUT2D eigenvalue weighted by molar-refractivity contribution is -0.117. The molecule has 0 spiro atoms. The van der Waals surface area contributed by atoms with E-state index in [1.165, 1.54) is 6.20 Å². The third kappa shape index (κ3) is 5.20. The fraction of sp³-hybridized carbons (Fsp3) is 0.111. The second kappa shape index (κ2) is 8.66. The van der Waals surface area contributed by atoms with Gasteiger partial charge in [0.15, 0.2) is 0 Å². The summed E-state index contributed by atoms with van der Waals surface area (Å²) in [6, 6.07) is 19.2. The minimum Gasteiger partial charge on any atom is -0.360 e. The van der Waals surface area contributed by atoms with Crippen LogP contribution in [-0.2, 0) is 11.3 Å². The first-order valence-corrected chi connectivity index (χ1v) is 8.28. The maximum Gasteiger partial charge on any atom is 0.263 e. The van der Waals surface area contributed by atoms with E-state index in [2.05, 4.69) is 10.6 Å². The summed E-state index contributed by atoms with van der Waals surface area (Å²) >= 11 is 1.63. The van der Waals surface area contributed by atoms with Crippen molar-refractivity contribution in [2.45, 2.75) is 11.4 Å². The van der Waals surface area contributed by atoms with Crippen LogP contribution in [0.5, 0.6) is 0 Å². The highest BCUT2D eigenvalue weighted by Gasteiger charge is 2.08. The Morgan fingerprint density at radius 3 is 2.70 bits per heavy atom. The largest absolute Gasteiger partial charge is 0.360 e. The Hall–Kier alpha value is -2.71. The van der Waals surface area contributed by atoms with Gasteiger partial charge in [-0.1, -0.05) is 36.4 Å². The third-order valence-electron chi connectivity index (χ3n) is 3.11. The molecule has 0 radical (unpaired) electrons. The third-order valence-corrected chi connectivity index (χ3v) is 3.84. The molecule has 0 atom stereocenters. The van der Waals surface area contributed by atoms with Gasteiger partial charge in [-0.05, 0) is 30.0 Å². The number of nitrogens with one attached hydrogen (secondary N) is 2. The SMILES string of the molecule is CSc1cccc(N/C=C(/C#N)C(=O)NCc2ccccc2)c1. The summed E-state index contributed by atoms with van der Waals surface area (Å²) < 4.78 is 0. The van der Waals surface area contributed by atoms with Crippen LogP contribution in [0.25, 0.3) is 0 Å². The number of amides is 1. The molecule has 0 saturated heterocycles. The first-order chi connectivity index (χ1) is 11.2. The van der Waals surface area contributed by atoms with Gasteiger partial charge in [-0.3, -0.25) is 4.79 Å². The minimum atomic E-state index is -0.398. The van der Waals surface area contributed by atoms with E-state index in [-0.39, 0.29) is 5.57 Å². The number of hydrogen-bond acceptors (Lipinski definition) is 4. The van der Waals surface area contributed by atoms with Crippen LogP contribution in [0.2, 0.25) is 0 Å². The van der Waals surface area contributed by atoms with Crippen molar-refractivity contribution in [1.29, 1.82) is 5.26 Å². The fourth-order valence-corrected chi connectivity index (χ4v) is 2.35. The van der Waals surface area contributed by atoms with Crippen LogP contribution >= 0.6 is 11.8 Å². The summed E-state index contributed by atoms with van der Waals surface area (Å²) in [5.41, 5.74) is 1.86. The molecule has 5 heteroatoms. The average Bonchev–Trinajstić information content (AvgIpc) is 2.61. The molecule has 0 fully saturated rings. The number of anilines is 1. The maximum atomic E-state index is 12.0. The number of nitrogens with zero attached hydrogens (tertiary/aromatic N) is 1. The number of nitriles is 1. The standard InChI is InChI=1S/C18H17N3OS/c1-23-17-9-5-8-16(10-17)20-13-15(11-19)18(22)21-12-14-6-3-2-4-7-14/h2-10,13,20H,12H2,1H3,(H,21,22)/b15-13-. The highest BCUT2D eigenvalue weighted by Crippen LogP contribution is 2.19. The molecule has 4 nitrogen and oxygen atoms in total. The van der Waals surface area contributed by atoms with Gasteiger partial charge < -0.3 is 10.6 Å². The van der Waals surface area contributed by atoms with Gasteiger partial charge >= 0.3 is 0 Å². The van der Waals surface area contributed by atoms with E-state index in [0.717, 1.165) is 16.1 Å². The summed E-state index contributed by atoms with van der Waals surface area (Å²) in [7, 11) is 0. The van der Waals surface area contributed by atoms with E-state index in [1.807, 2.05) is 66.9 Å². The Bertz CT molecular complexity index is 735. The Morgan fingerprint density at radius 2 is 2.00 bits per heavy atom. The molecule has 0 aliphatic rings. The first-order valence-electron chi connectivity index (χ1n) is 7.06. The molecule has 2 N–H and O–H groups in total. The lowest BCUT2D eigenvalue weighted by atomic mass is 10.2. The van der Waals surface area contributed by atoms with Crippen molar-refractivity contribution in [3.63, 3.8) is 0 Å². The molecule has 0 aliphatic heterocycles. The Kier molecular flexibility index (Phi) is 6.28. The number of carbonyl (C=O) groups excluding carboxylic acids is 1. The van der Waals surface area contributed by atoms with Crippen LogP contribution in [0.15, 0.2) is 71.3 Å². The van der Waals surface area contributed by atoms with Crippen molar-refractivity contribution in [1.82, 2.24) is 5.32 Å². The van der Waals surface area contributed by atoms with Crippen LogP contribution in [0, 0.1) is 11.3 Å². The van der Waals surface area contributed by atoms with Crippen LogP contribution in [-0.4, -0.2) is 12.2 Å². The van der Waals surface area contributed by atoms with E-state index in [0.29, 0.717) is 6.54 Å². The zero-order valence-corrected chi connectivity index (χ0v) is 13.6. The van der Waals surface area contributed by atoms with Crippen LogP contribution < -0.4 is 10.6 Å². The van der Waals surface area contributed by atoms with Gasteiger partial charge in [0, 0.05) is 23.3 Å². The number of benzene rings is 2. The predicted molar refractivity (Wildman–Crippen MR) is 93.8 cm³/mol. The Labute approximate surface area is 140 Å². The molecular weight excluding hydrogens is 306 g/mol. The Balaban J connectivity index is 1.97. The number of rotatable bonds is 6.